The second-order valence-electron chi connectivity index (χ2n) is 7.36. The average Bonchev–Trinajstić information content (AvgIpc) is 3.31. The number of nitrogens with two attached hydrogens (primary N) is 1. The summed E-state index contributed by atoms with van der Waals surface area (Å²) in [5.41, 5.74) is 7.95. The lowest BCUT2D eigenvalue weighted by Crippen LogP contribution is -2.21. The summed E-state index contributed by atoms with van der Waals surface area (Å²) in [4.78, 5) is 26.5. The van der Waals surface area contributed by atoms with Crippen molar-refractivity contribution in [3.05, 3.63) is 47.5 Å². The minimum atomic E-state index is -0.539. The van der Waals surface area contributed by atoms with Crippen LogP contribution in [0.1, 0.15) is 28.8 Å². The molecule has 1 fully saturated rings. The summed E-state index contributed by atoms with van der Waals surface area (Å²) in [5.74, 6) is 0.825. The largest absolute Gasteiger partial charge is 0.493 e. The van der Waals surface area contributed by atoms with Crippen LogP contribution in [0.4, 0.5) is 11.4 Å². The number of hydrogen-bond acceptors (Lipinski definition) is 6. The molecule has 4 rings (SSSR count). The fraction of sp³-hybridized carbons (Fsp3) is 0.304. The number of primary amides is 1. The van der Waals surface area contributed by atoms with Crippen LogP contribution in [0.15, 0.2) is 36.4 Å². The van der Waals surface area contributed by atoms with E-state index in [1.807, 2.05) is 6.07 Å². The fourth-order valence-corrected chi connectivity index (χ4v) is 3.76. The predicted octanol–water partition coefficient (Wildman–Crippen LogP) is 2.82. The summed E-state index contributed by atoms with van der Waals surface area (Å²) in [5, 5.41) is 2.88. The van der Waals surface area contributed by atoms with Gasteiger partial charge in [0.05, 0.1) is 18.5 Å². The lowest BCUT2D eigenvalue weighted by molar-refractivity contribution is -0.111. The number of hydrogen-bond donors (Lipinski definition) is 2. The number of carbonyl (C=O) groups excluding carboxylic acids is 2. The molecule has 3 N–H and O–H groups in total. The van der Waals surface area contributed by atoms with Crippen molar-refractivity contribution in [3.63, 3.8) is 0 Å². The summed E-state index contributed by atoms with van der Waals surface area (Å²) >= 11 is 0. The Morgan fingerprint density at radius 1 is 1.13 bits per heavy atom. The standard InChI is InChI=1S/C23H25N3O5/c1-29-19-12-15(13-20-22(19)31-11-10-30-20)4-7-21(27)25-17-14-16(23(24)28)5-6-18(17)26-8-2-3-9-26/h4-7,12-14H,2-3,8-11H2,1H3,(H2,24,28)(H,25,27). The third kappa shape index (κ3) is 4.58. The molecule has 2 aliphatic rings. The zero-order valence-electron chi connectivity index (χ0n) is 17.3. The molecule has 0 spiro atoms. The zero-order chi connectivity index (χ0) is 21.8. The van der Waals surface area contributed by atoms with E-state index in [2.05, 4.69) is 10.2 Å². The number of fused-ring (bicyclic) bond motifs is 1. The maximum atomic E-state index is 12.7. The molecule has 0 aromatic heterocycles. The summed E-state index contributed by atoms with van der Waals surface area (Å²) in [6.07, 6.45) is 5.28. The summed E-state index contributed by atoms with van der Waals surface area (Å²) in [6.45, 7) is 2.74. The maximum absolute atomic E-state index is 12.7. The molecule has 8 heteroatoms. The van der Waals surface area contributed by atoms with Gasteiger partial charge in [0.25, 0.3) is 0 Å². The quantitative estimate of drug-likeness (QED) is 0.693. The second kappa shape index (κ2) is 8.99. The van der Waals surface area contributed by atoms with Crippen molar-refractivity contribution >= 4 is 29.3 Å². The molecule has 0 bridgehead atoms. The van der Waals surface area contributed by atoms with E-state index in [9.17, 15) is 9.59 Å². The van der Waals surface area contributed by atoms with Gasteiger partial charge in [-0.15, -0.1) is 0 Å². The molecule has 0 atom stereocenters. The molecular formula is C23H25N3O5. The Balaban J connectivity index is 1.55. The molecule has 1 saturated heterocycles. The van der Waals surface area contributed by atoms with Gasteiger partial charge >= 0.3 is 0 Å². The van der Waals surface area contributed by atoms with E-state index in [-0.39, 0.29) is 5.91 Å². The first-order valence-corrected chi connectivity index (χ1v) is 10.2. The Morgan fingerprint density at radius 3 is 2.65 bits per heavy atom. The molecule has 0 radical (unpaired) electrons. The third-order valence-electron chi connectivity index (χ3n) is 5.26. The molecule has 2 aromatic rings. The number of rotatable bonds is 6. The Labute approximate surface area is 180 Å². The molecule has 0 aliphatic carbocycles. The third-order valence-corrected chi connectivity index (χ3v) is 5.26. The Bertz CT molecular complexity index is 1010. The lowest BCUT2D eigenvalue weighted by atomic mass is 10.1. The van der Waals surface area contributed by atoms with Crippen LogP contribution in [0.5, 0.6) is 17.2 Å². The number of ether oxygens (including phenoxy) is 3. The van der Waals surface area contributed by atoms with Crippen molar-refractivity contribution in [1.82, 2.24) is 0 Å². The van der Waals surface area contributed by atoms with Crippen LogP contribution in [0.3, 0.4) is 0 Å². The van der Waals surface area contributed by atoms with Gasteiger partial charge in [-0.05, 0) is 54.8 Å². The summed E-state index contributed by atoms with van der Waals surface area (Å²) < 4.78 is 16.6. The van der Waals surface area contributed by atoms with Gasteiger partial charge in [-0.1, -0.05) is 0 Å². The number of nitrogens with one attached hydrogen (secondary N) is 1. The van der Waals surface area contributed by atoms with E-state index < -0.39 is 5.91 Å². The first kappa shape index (κ1) is 20.6. The highest BCUT2D eigenvalue weighted by atomic mass is 16.6. The lowest BCUT2D eigenvalue weighted by Gasteiger charge is -2.22. The Hall–Kier alpha value is -3.68. The van der Waals surface area contributed by atoms with Crippen LogP contribution in [0, 0.1) is 0 Å². The first-order chi connectivity index (χ1) is 15.0. The highest BCUT2D eigenvalue weighted by Crippen LogP contribution is 2.40. The second-order valence-corrected chi connectivity index (χ2v) is 7.36. The number of anilines is 2. The fourth-order valence-electron chi connectivity index (χ4n) is 3.76. The predicted molar refractivity (Wildman–Crippen MR) is 118 cm³/mol. The van der Waals surface area contributed by atoms with E-state index in [0.717, 1.165) is 37.2 Å². The van der Waals surface area contributed by atoms with Gasteiger partial charge in [-0.3, -0.25) is 9.59 Å². The van der Waals surface area contributed by atoms with Crippen LogP contribution >= 0.6 is 0 Å². The van der Waals surface area contributed by atoms with Gasteiger partial charge in [0.2, 0.25) is 17.6 Å². The van der Waals surface area contributed by atoms with E-state index in [0.29, 0.717) is 41.7 Å². The van der Waals surface area contributed by atoms with Gasteiger partial charge in [0.1, 0.15) is 13.2 Å². The van der Waals surface area contributed by atoms with E-state index in [1.54, 1.807) is 37.5 Å². The zero-order valence-corrected chi connectivity index (χ0v) is 17.3. The average molecular weight is 423 g/mol. The first-order valence-electron chi connectivity index (χ1n) is 10.2. The highest BCUT2D eigenvalue weighted by Gasteiger charge is 2.19. The van der Waals surface area contributed by atoms with Gasteiger partial charge in [0, 0.05) is 24.7 Å². The van der Waals surface area contributed by atoms with Crippen molar-refractivity contribution in [2.75, 3.05) is 43.6 Å². The van der Waals surface area contributed by atoms with Crippen LogP contribution in [0.25, 0.3) is 6.08 Å². The topological polar surface area (TPSA) is 103 Å². The molecule has 0 saturated carbocycles. The molecule has 0 unspecified atom stereocenters. The molecule has 2 heterocycles. The molecule has 162 valence electrons. The van der Waals surface area contributed by atoms with E-state index >= 15 is 0 Å². The number of amides is 2. The highest BCUT2D eigenvalue weighted by molar-refractivity contribution is 6.05. The summed E-state index contributed by atoms with van der Waals surface area (Å²) in [7, 11) is 1.55. The van der Waals surface area contributed by atoms with Gasteiger partial charge < -0.3 is 30.2 Å². The molecule has 2 amide bonds. The van der Waals surface area contributed by atoms with Gasteiger partial charge in [-0.2, -0.15) is 0 Å². The van der Waals surface area contributed by atoms with Crippen LogP contribution < -0.4 is 30.2 Å². The van der Waals surface area contributed by atoms with Crippen molar-refractivity contribution in [2.24, 2.45) is 5.73 Å². The smallest absolute Gasteiger partial charge is 0.248 e. The van der Waals surface area contributed by atoms with Crippen LogP contribution in [-0.4, -0.2) is 45.2 Å². The van der Waals surface area contributed by atoms with E-state index in [1.165, 1.54) is 6.08 Å². The van der Waals surface area contributed by atoms with Crippen LogP contribution in [0.2, 0.25) is 0 Å². The molecule has 2 aromatic carbocycles. The molecule has 31 heavy (non-hydrogen) atoms. The number of benzene rings is 2. The van der Waals surface area contributed by atoms with Crippen molar-refractivity contribution in [2.45, 2.75) is 12.8 Å². The van der Waals surface area contributed by atoms with Crippen molar-refractivity contribution in [1.29, 1.82) is 0 Å². The monoisotopic (exact) mass is 423 g/mol. The normalized spacial score (nSPS) is 15.2. The Morgan fingerprint density at radius 2 is 1.90 bits per heavy atom. The minimum Gasteiger partial charge on any atom is -0.493 e. The van der Waals surface area contributed by atoms with Crippen LogP contribution in [-0.2, 0) is 4.79 Å². The number of nitrogens with zero attached hydrogens (tertiary/aromatic N) is 1. The molecule has 2 aliphatic heterocycles. The van der Waals surface area contributed by atoms with Crippen molar-refractivity contribution in [3.8, 4) is 17.2 Å². The minimum absolute atomic E-state index is 0.323. The molecule has 8 nitrogen and oxygen atoms in total. The van der Waals surface area contributed by atoms with Crippen molar-refractivity contribution < 1.29 is 23.8 Å². The maximum Gasteiger partial charge on any atom is 0.248 e. The number of methoxy groups -OCH3 is 1. The number of carbonyl (C=O) groups is 2. The summed E-state index contributed by atoms with van der Waals surface area (Å²) in [6, 6.07) is 8.71. The molecular weight excluding hydrogens is 398 g/mol. The van der Waals surface area contributed by atoms with Gasteiger partial charge in [-0.25, -0.2) is 0 Å². The SMILES string of the molecule is COc1cc(C=CC(=O)Nc2cc(C(N)=O)ccc2N2CCCC2)cc2c1OCCO2. The Kier molecular flexibility index (Phi) is 5.97. The van der Waals surface area contributed by atoms with Gasteiger partial charge in [0.15, 0.2) is 11.5 Å². The van der Waals surface area contributed by atoms with E-state index in [4.69, 9.17) is 19.9 Å².